The minimum Gasteiger partial charge on any atom is -0.450 e. The van der Waals surface area contributed by atoms with E-state index in [0.717, 1.165) is 23.1 Å². The number of fused-ring (bicyclic) bond motifs is 2. The first kappa shape index (κ1) is 21.9. The average Bonchev–Trinajstić information content (AvgIpc) is 3.07. The van der Waals surface area contributed by atoms with Gasteiger partial charge in [-0.3, -0.25) is 14.5 Å². The van der Waals surface area contributed by atoms with Gasteiger partial charge in [-0.25, -0.2) is 0 Å². The second-order valence-electron chi connectivity index (χ2n) is 7.84. The lowest BCUT2D eigenvalue weighted by Gasteiger charge is -2.31. The van der Waals surface area contributed by atoms with Gasteiger partial charge in [0, 0.05) is 30.7 Å². The molecule has 2 aromatic carbocycles. The molecule has 0 aliphatic carbocycles. The van der Waals surface area contributed by atoms with Crippen molar-refractivity contribution in [2.75, 3.05) is 39.4 Å². The Labute approximate surface area is 202 Å². The Morgan fingerprint density at radius 3 is 2.53 bits per heavy atom. The molecule has 3 aromatic rings. The molecule has 5 rings (SSSR count). The van der Waals surface area contributed by atoms with Crippen molar-refractivity contribution in [2.45, 2.75) is 6.04 Å². The van der Waals surface area contributed by atoms with Gasteiger partial charge in [-0.2, -0.15) is 0 Å². The number of morpholine rings is 1. The van der Waals surface area contributed by atoms with E-state index in [4.69, 9.17) is 32.4 Å². The van der Waals surface area contributed by atoms with E-state index in [1.807, 2.05) is 0 Å². The first-order valence-electron chi connectivity index (χ1n) is 10.3. The molecule has 9 heteroatoms. The van der Waals surface area contributed by atoms with Crippen LogP contribution in [-0.2, 0) is 4.74 Å². The van der Waals surface area contributed by atoms with E-state index in [1.165, 1.54) is 0 Å². The van der Waals surface area contributed by atoms with Crippen molar-refractivity contribution in [1.82, 2.24) is 9.80 Å². The maximum Gasteiger partial charge on any atom is 0.290 e. The van der Waals surface area contributed by atoms with Crippen LogP contribution in [-0.4, -0.2) is 55.1 Å². The summed E-state index contributed by atoms with van der Waals surface area (Å²) in [4.78, 5) is 30.9. The van der Waals surface area contributed by atoms with E-state index in [0.29, 0.717) is 52.9 Å². The number of carbonyl (C=O) groups is 1. The van der Waals surface area contributed by atoms with Crippen LogP contribution in [0.2, 0.25) is 10.0 Å². The largest absolute Gasteiger partial charge is 0.450 e. The zero-order chi connectivity index (χ0) is 22.4. The second-order valence-corrected chi connectivity index (χ2v) is 9.57. The first-order valence-corrected chi connectivity index (χ1v) is 11.8. The van der Waals surface area contributed by atoms with Gasteiger partial charge in [0.25, 0.3) is 5.91 Å². The lowest BCUT2D eigenvalue weighted by Crippen LogP contribution is -2.42. The van der Waals surface area contributed by atoms with Gasteiger partial charge in [-0.15, -0.1) is 0 Å². The smallest absolute Gasteiger partial charge is 0.290 e. The maximum absolute atomic E-state index is 13.6. The van der Waals surface area contributed by atoms with Crippen LogP contribution in [0.4, 0.5) is 0 Å². The molecule has 3 heterocycles. The van der Waals surface area contributed by atoms with Crippen LogP contribution in [0.1, 0.15) is 27.7 Å². The average molecular weight is 538 g/mol. The van der Waals surface area contributed by atoms with Gasteiger partial charge < -0.3 is 14.1 Å². The summed E-state index contributed by atoms with van der Waals surface area (Å²) in [5.41, 5.74) is 1.21. The molecule has 0 bridgehead atoms. The number of benzene rings is 2. The summed E-state index contributed by atoms with van der Waals surface area (Å²) in [5, 5.41) is 1.20. The molecule has 1 atom stereocenters. The van der Waals surface area contributed by atoms with E-state index in [1.54, 1.807) is 41.3 Å². The number of hydrogen-bond acceptors (Lipinski definition) is 5. The van der Waals surface area contributed by atoms with Crippen molar-refractivity contribution in [3.05, 3.63) is 78.0 Å². The third-order valence-electron chi connectivity index (χ3n) is 5.95. The van der Waals surface area contributed by atoms with Crippen molar-refractivity contribution in [3.8, 4) is 0 Å². The van der Waals surface area contributed by atoms with Crippen LogP contribution in [0.3, 0.4) is 0 Å². The number of hydrogen-bond donors (Lipinski definition) is 0. The molecule has 0 spiro atoms. The molecule has 1 aromatic heterocycles. The highest BCUT2D eigenvalue weighted by Gasteiger charge is 2.42. The van der Waals surface area contributed by atoms with Gasteiger partial charge in [0.15, 0.2) is 5.43 Å². The fourth-order valence-corrected chi connectivity index (χ4v) is 4.99. The van der Waals surface area contributed by atoms with Gasteiger partial charge in [0.05, 0.1) is 40.3 Å². The summed E-state index contributed by atoms with van der Waals surface area (Å²) in [6.45, 7) is 4.06. The van der Waals surface area contributed by atoms with Crippen LogP contribution in [0.15, 0.2) is 50.1 Å². The van der Waals surface area contributed by atoms with E-state index < -0.39 is 6.04 Å². The van der Waals surface area contributed by atoms with Crippen molar-refractivity contribution >= 4 is 56.0 Å². The first-order chi connectivity index (χ1) is 15.4. The fourth-order valence-electron chi connectivity index (χ4n) is 4.33. The predicted molar refractivity (Wildman–Crippen MR) is 127 cm³/mol. The second kappa shape index (κ2) is 8.80. The Hall–Kier alpha value is -1.90. The van der Waals surface area contributed by atoms with Crippen molar-refractivity contribution in [2.24, 2.45) is 0 Å². The number of halogens is 3. The van der Waals surface area contributed by atoms with Crippen LogP contribution in [0, 0.1) is 0 Å². The normalized spacial score (nSPS) is 19.0. The third-order valence-corrected chi connectivity index (χ3v) is 7.18. The summed E-state index contributed by atoms with van der Waals surface area (Å²) in [7, 11) is 0. The summed E-state index contributed by atoms with van der Waals surface area (Å²) in [5.74, 6) is -0.214. The van der Waals surface area contributed by atoms with Gasteiger partial charge in [-0.1, -0.05) is 45.2 Å². The Balaban J connectivity index is 1.62. The zero-order valence-electron chi connectivity index (χ0n) is 16.9. The molecule has 2 aliphatic heterocycles. The molecule has 0 N–H and O–H groups in total. The van der Waals surface area contributed by atoms with Crippen LogP contribution in [0.5, 0.6) is 0 Å². The summed E-state index contributed by atoms with van der Waals surface area (Å²) < 4.78 is 12.2. The van der Waals surface area contributed by atoms with Crippen LogP contribution >= 0.6 is 39.1 Å². The van der Waals surface area contributed by atoms with Crippen molar-refractivity contribution < 1.29 is 13.9 Å². The minimum absolute atomic E-state index is 0.0860. The van der Waals surface area contributed by atoms with E-state index in [9.17, 15) is 9.59 Å². The third kappa shape index (κ3) is 3.86. The van der Waals surface area contributed by atoms with Gasteiger partial charge in [-0.05, 0) is 35.9 Å². The lowest BCUT2D eigenvalue weighted by atomic mass is 9.98. The van der Waals surface area contributed by atoms with E-state index in [-0.39, 0.29) is 17.1 Å². The zero-order valence-corrected chi connectivity index (χ0v) is 20.0. The van der Waals surface area contributed by atoms with Crippen LogP contribution < -0.4 is 5.43 Å². The maximum atomic E-state index is 13.6. The molecule has 32 heavy (non-hydrogen) atoms. The monoisotopic (exact) mass is 536 g/mol. The molecule has 0 radical (unpaired) electrons. The van der Waals surface area contributed by atoms with E-state index in [2.05, 4.69) is 20.8 Å². The molecule has 1 fully saturated rings. The minimum atomic E-state index is -0.604. The van der Waals surface area contributed by atoms with Gasteiger partial charge in [0.1, 0.15) is 5.58 Å². The van der Waals surface area contributed by atoms with Crippen molar-refractivity contribution in [3.63, 3.8) is 0 Å². The number of rotatable bonds is 4. The Bertz CT molecular complexity index is 1270. The molecule has 0 saturated carbocycles. The summed E-state index contributed by atoms with van der Waals surface area (Å²) in [6, 6.07) is 9.78. The summed E-state index contributed by atoms with van der Waals surface area (Å²) in [6.07, 6.45) is 0. The van der Waals surface area contributed by atoms with Crippen molar-refractivity contribution in [1.29, 1.82) is 0 Å². The highest BCUT2D eigenvalue weighted by Crippen LogP contribution is 2.39. The van der Waals surface area contributed by atoms with Crippen LogP contribution in [0.25, 0.3) is 11.0 Å². The summed E-state index contributed by atoms with van der Waals surface area (Å²) >= 11 is 15.8. The Morgan fingerprint density at radius 1 is 1.00 bits per heavy atom. The highest BCUT2D eigenvalue weighted by molar-refractivity contribution is 9.10. The molecule has 1 amide bonds. The van der Waals surface area contributed by atoms with Gasteiger partial charge in [0.2, 0.25) is 5.76 Å². The fraction of sp³-hybridized carbons (Fsp3) is 0.304. The van der Waals surface area contributed by atoms with E-state index >= 15 is 0 Å². The predicted octanol–water partition coefficient (Wildman–Crippen LogP) is 4.74. The number of amides is 1. The standard InChI is InChI=1S/C23H19BrCl2N2O4/c24-14-2-4-18-15(12-14)21(29)19-20(13-1-3-16(25)17(26)11-13)28(23(30)22(19)32-18)6-5-27-7-9-31-10-8-27/h1-4,11-12,20H,5-10H2. The SMILES string of the molecule is O=C1c2oc3ccc(Br)cc3c(=O)c2C(c2ccc(Cl)c(Cl)c2)N1CCN1CCOCC1. The highest BCUT2D eigenvalue weighted by atomic mass is 79.9. The van der Waals surface area contributed by atoms with Gasteiger partial charge >= 0.3 is 0 Å². The Kier molecular flexibility index (Phi) is 6.03. The molecular weight excluding hydrogens is 519 g/mol. The number of nitrogens with zero attached hydrogens (tertiary/aromatic N) is 2. The molecule has 1 saturated heterocycles. The number of carbonyl (C=O) groups excluding carboxylic acids is 1. The quantitative estimate of drug-likeness (QED) is 0.481. The topological polar surface area (TPSA) is 63.0 Å². The molecular formula is C23H19BrCl2N2O4. The molecule has 2 aliphatic rings. The molecule has 6 nitrogen and oxygen atoms in total. The molecule has 166 valence electrons. The lowest BCUT2D eigenvalue weighted by molar-refractivity contribution is 0.0314. The Morgan fingerprint density at radius 2 is 1.78 bits per heavy atom. The molecule has 1 unspecified atom stereocenters. The number of ether oxygens (including phenoxy) is 1.